The van der Waals surface area contributed by atoms with Crippen molar-refractivity contribution in [3.8, 4) is 5.75 Å². The normalized spacial score (nSPS) is 17.1. The van der Waals surface area contributed by atoms with Gasteiger partial charge in [-0.25, -0.2) is 18.2 Å². The molecule has 1 aliphatic heterocycles. The van der Waals surface area contributed by atoms with Gasteiger partial charge in [0.25, 0.3) is 5.91 Å². The predicted octanol–water partition coefficient (Wildman–Crippen LogP) is 4.28. The number of ether oxygens (including phenoxy) is 1. The van der Waals surface area contributed by atoms with Crippen LogP contribution in [0.2, 0.25) is 0 Å². The molecule has 1 aliphatic rings. The summed E-state index contributed by atoms with van der Waals surface area (Å²) in [6.07, 6.45) is 0.357. The molecule has 246 valence electrons. The van der Waals surface area contributed by atoms with Crippen molar-refractivity contribution >= 4 is 27.0 Å². The second-order valence-electron chi connectivity index (χ2n) is 12.5. The average molecular weight is 658 g/mol. The maximum atomic E-state index is 14.0. The van der Waals surface area contributed by atoms with Crippen LogP contribution in [0, 0.1) is 13.8 Å². The van der Waals surface area contributed by atoms with E-state index in [1.807, 2.05) is 70.5 Å². The van der Waals surface area contributed by atoms with Crippen LogP contribution in [0.4, 0.5) is 0 Å². The molecular formula is C33H39N9O4S. The maximum absolute atomic E-state index is 14.0. The molecule has 0 fully saturated rings. The number of aromatic amines is 1. The van der Waals surface area contributed by atoms with Gasteiger partial charge >= 0.3 is 0 Å². The molecule has 0 saturated carbocycles. The number of hydrogen-bond acceptors (Lipinski definition) is 9. The summed E-state index contributed by atoms with van der Waals surface area (Å²) in [5, 5.41) is 25.4. The summed E-state index contributed by atoms with van der Waals surface area (Å²) in [6.45, 7) is 12.9. The Labute approximate surface area is 273 Å². The first-order valence-electron chi connectivity index (χ1n) is 15.7. The first-order chi connectivity index (χ1) is 22.4. The van der Waals surface area contributed by atoms with Gasteiger partial charge in [-0.1, -0.05) is 48.5 Å². The molecule has 0 spiro atoms. The average Bonchev–Trinajstić information content (AvgIpc) is 3.72. The van der Waals surface area contributed by atoms with Crippen LogP contribution in [0.15, 0.2) is 59.5 Å². The third-order valence-electron chi connectivity index (χ3n) is 8.99. The Hall–Kier alpha value is -4.69. The highest BCUT2D eigenvalue weighted by Crippen LogP contribution is 2.40. The van der Waals surface area contributed by atoms with E-state index in [0.717, 1.165) is 38.9 Å². The summed E-state index contributed by atoms with van der Waals surface area (Å²) < 4.78 is 37.5. The van der Waals surface area contributed by atoms with Crippen LogP contribution in [0.1, 0.15) is 78.5 Å². The van der Waals surface area contributed by atoms with E-state index in [9.17, 15) is 13.2 Å². The van der Waals surface area contributed by atoms with E-state index in [-0.39, 0.29) is 35.8 Å². The predicted molar refractivity (Wildman–Crippen MR) is 175 cm³/mol. The Bertz CT molecular complexity index is 2040. The second-order valence-corrected chi connectivity index (χ2v) is 14.4. The number of H-pyrrole nitrogens is 1. The standard InChI is InChI=1S/C33H39N9O4S/c1-7-24-19-41(47(44,45)28-12-10-9-11-27(28)46-24)18-23-17-22(14-13-20(23)3)29(33(5,6)34-32(43)31-36-38-39-37-31)25-15-16-26-30(21(25)4)35-40-42(26)8-2/h9-17,24,29H,7-8,18-19H2,1-6H3,(H,34,43)(H,36,37,38,39)/t24-,29?/m1/s1. The Balaban J connectivity index is 1.45. The number of rotatable bonds is 9. The fourth-order valence-electron chi connectivity index (χ4n) is 6.43. The largest absolute Gasteiger partial charge is 0.488 e. The number of amides is 1. The third kappa shape index (κ3) is 5.98. The first-order valence-corrected chi connectivity index (χ1v) is 17.1. The number of hydrogen-bond donors (Lipinski definition) is 2. The number of benzene rings is 3. The minimum atomic E-state index is -3.85. The number of sulfonamides is 1. The van der Waals surface area contributed by atoms with E-state index in [1.54, 1.807) is 24.3 Å². The quantitative estimate of drug-likeness (QED) is 0.236. The molecular weight excluding hydrogens is 618 g/mol. The van der Waals surface area contributed by atoms with Gasteiger partial charge in [0, 0.05) is 24.5 Å². The Morgan fingerprint density at radius 1 is 1.11 bits per heavy atom. The fraction of sp³-hybridized carbons (Fsp3) is 0.394. The zero-order valence-electron chi connectivity index (χ0n) is 27.4. The highest BCUT2D eigenvalue weighted by atomic mass is 32.2. The zero-order valence-corrected chi connectivity index (χ0v) is 28.2. The van der Waals surface area contributed by atoms with Crippen LogP contribution in [-0.4, -0.2) is 72.4 Å². The van der Waals surface area contributed by atoms with Crippen molar-refractivity contribution in [3.63, 3.8) is 0 Å². The van der Waals surface area contributed by atoms with Crippen molar-refractivity contribution in [3.05, 3.63) is 88.2 Å². The van der Waals surface area contributed by atoms with Gasteiger partial charge in [0.2, 0.25) is 15.8 Å². The topological polar surface area (TPSA) is 161 Å². The van der Waals surface area contributed by atoms with Crippen molar-refractivity contribution in [1.29, 1.82) is 0 Å². The van der Waals surface area contributed by atoms with Crippen LogP contribution in [-0.2, 0) is 23.1 Å². The van der Waals surface area contributed by atoms with Gasteiger partial charge < -0.3 is 10.1 Å². The van der Waals surface area contributed by atoms with E-state index in [4.69, 9.17) is 4.74 Å². The number of nitrogens with zero attached hydrogens (tertiary/aromatic N) is 7. The van der Waals surface area contributed by atoms with Gasteiger partial charge in [-0.3, -0.25) is 4.79 Å². The van der Waals surface area contributed by atoms with Gasteiger partial charge in [0.05, 0.1) is 12.1 Å². The van der Waals surface area contributed by atoms with Gasteiger partial charge in [-0.2, -0.15) is 4.31 Å². The number of aryl methyl sites for hydroxylation is 3. The molecule has 1 unspecified atom stereocenters. The highest BCUT2D eigenvalue weighted by molar-refractivity contribution is 7.89. The van der Waals surface area contributed by atoms with Crippen LogP contribution < -0.4 is 10.1 Å². The van der Waals surface area contributed by atoms with Crippen molar-refractivity contribution in [2.24, 2.45) is 0 Å². The van der Waals surface area contributed by atoms with E-state index in [0.29, 0.717) is 18.7 Å². The monoisotopic (exact) mass is 657 g/mol. The molecule has 0 bridgehead atoms. The third-order valence-corrected chi connectivity index (χ3v) is 10.8. The number of carbonyl (C=O) groups excluding carboxylic acids is 1. The lowest BCUT2D eigenvalue weighted by atomic mass is 9.75. The molecule has 14 heteroatoms. The van der Waals surface area contributed by atoms with Gasteiger partial charge in [0.15, 0.2) is 0 Å². The number of aromatic nitrogens is 7. The molecule has 3 aromatic carbocycles. The summed E-state index contributed by atoms with van der Waals surface area (Å²) in [5.74, 6) is -0.462. The molecule has 2 aromatic heterocycles. The summed E-state index contributed by atoms with van der Waals surface area (Å²) in [7, 11) is -3.85. The van der Waals surface area contributed by atoms with Crippen molar-refractivity contribution in [1.82, 2.24) is 45.2 Å². The van der Waals surface area contributed by atoms with Gasteiger partial charge in [0.1, 0.15) is 22.3 Å². The molecule has 5 aromatic rings. The Morgan fingerprint density at radius 3 is 2.62 bits per heavy atom. The Kier molecular flexibility index (Phi) is 8.57. The molecule has 0 saturated heterocycles. The summed E-state index contributed by atoms with van der Waals surface area (Å²) in [6, 6.07) is 16.9. The van der Waals surface area contributed by atoms with Crippen LogP contribution >= 0.6 is 0 Å². The molecule has 3 heterocycles. The molecule has 2 atom stereocenters. The zero-order chi connectivity index (χ0) is 33.5. The molecule has 1 amide bonds. The SMILES string of the molecule is CC[C@@H]1CN(Cc2cc(C(c3ccc4c(nnn4CC)c3C)C(C)(C)NC(=O)c3nnn[nH]3)ccc2C)S(=O)(=O)c2ccccc2O1. The molecule has 13 nitrogen and oxygen atoms in total. The second kappa shape index (κ2) is 12.5. The van der Waals surface area contributed by atoms with Crippen LogP contribution in [0.25, 0.3) is 11.0 Å². The number of para-hydroxylation sites is 1. The van der Waals surface area contributed by atoms with Crippen molar-refractivity contribution in [2.75, 3.05) is 6.54 Å². The molecule has 2 N–H and O–H groups in total. The lowest BCUT2D eigenvalue weighted by Crippen LogP contribution is -2.49. The lowest BCUT2D eigenvalue weighted by molar-refractivity contribution is 0.0895. The summed E-state index contributed by atoms with van der Waals surface area (Å²) in [4.78, 5) is 13.4. The summed E-state index contributed by atoms with van der Waals surface area (Å²) >= 11 is 0. The van der Waals surface area contributed by atoms with Crippen molar-refractivity contribution < 1.29 is 17.9 Å². The van der Waals surface area contributed by atoms with E-state index in [1.165, 1.54) is 4.31 Å². The highest BCUT2D eigenvalue weighted by Gasteiger charge is 2.38. The van der Waals surface area contributed by atoms with E-state index in [2.05, 4.69) is 42.3 Å². The van der Waals surface area contributed by atoms with Crippen LogP contribution in [0.5, 0.6) is 5.75 Å². The number of fused-ring (bicyclic) bond motifs is 2. The molecule has 47 heavy (non-hydrogen) atoms. The van der Waals surface area contributed by atoms with E-state index >= 15 is 0 Å². The first kappa shape index (κ1) is 32.3. The molecule has 0 radical (unpaired) electrons. The smallest absolute Gasteiger partial charge is 0.291 e. The summed E-state index contributed by atoms with van der Waals surface area (Å²) in [5.41, 5.74) is 5.41. The fourth-order valence-corrected chi connectivity index (χ4v) is 8.00. The lowest BCUT2D eigenvalue weighted by Gasteiger charge is -2.37. The van der Waals surface area contributed by atoms with Gasteiger partial charge in [-0.05, 0) is 97.5 Å². The number of tetrazole rings is 1. The van der Waals surface area contributed by atoms with E-state index < -0.39 is 21.5 Å². The Morgan fingerprint density at radius 2 is 1.89 bits per heavy atom. The molecule has 6 rings (SSSR count). The minimum absolute atomic E-state index is 0.00108. The minimum Gasteiger partial charge on any atom is -0.488 e. The van der Waals surface area contributed by atoms with Crippen molar-refractivity contribution in [2.45, 2.75) is 83.5 Å². The maximum Gasteiger partial charge on any atom is 0.291 e. The number of carbonyl (C=O) groups is 1. The molecule has 0 aliphatic carbocycles. The number of nitrogens with one attached hydrogen (secondary N) is 2. The van der Waals surface area contributed by atoms with Gasteiger partial charge in [-0.15, -0.1) is 10.2 Å². The van der Waals surface area contributed by atoms with Crippen LogP contribution in [0.3, 0.4) is 0 Å².